The van der Waals surface area contributed by atoms with E-state index in [1.54, 1.807) is 29.8 Å². The van der Waals surface area contributed by atoms with Crippen molar-refractivity contribution in [2.75, 3.05) is 37.7 Å². The van der Waals surface area contributed by atoms with Gasteiger partial charge in [-0.25, -0.2) is 9.97 Å². The molecule has 8 heteroatoms. The molecule has 0 N–H and O–H groups in total. The number of ether oxygens (including phenoxy) is 1. The molecule has 1 aliphatic heterocycles. The van der Waals surface area contributed by atoms with Gasteiger partial charge in [-0.2, -0.15) is 0 Å². The van der Waals surface area contributed by atoms with Gasteiger partial charge in [0, 0.05) is 31.2 Å². The van der Waals surface area contributed by atoms with E-state index in [0.717, 1.165) is 34.7 Å². The average Bonchev–Trinajstić information content (AvgIpc) is 3.16. The second kappa shape index (κ2) is 7.70. The van der Waals surface area contributed by atoms with Crippen molar-refractivity contribution in [2.45, 2.75) is 6.92 Å². The molecule has 3 aromatic rings. The molecule has 0 saturated carbocycles. The van der Waals surface area contributed by atoms with Crippen molar-refractivity contribution >= 4 is 44.9 Å². The predicted octanol–water partition coefficient (Wildman–Crippen LogP) is 3.38. The molecule has 0 unspecified atom stereocenters. The van der Waals surface area contributed by atoms with E-state index < -0.39 is 0 Å². The fourth-order valence-corrected chi connectivity index (χ4v) is 4.16. The molecule has 0 spiro atoms. The van der Waals surface area contributed by atoms with E-state index in [9.17, 15) is 4.79 Å². The van der Waals surface area contributed by atoms with Gasteiger partial charge >= 0.3 is 0 Å². The molecule has 6 nitrogen and oxygen atoms in total. The summed E-state index contributed by atoms with van der Waals surface area (Å²) >= 11 is 7.56. The van der Waals surface area contributed by atoms with Gasteiger partial charge in [0.1, 0.15) is 22.7 Å². The van der Waals surface area contributed by atoms with Crippen molar-refractivity contribution in [3.8, 4) is 5.75 Å². The number of amides is 1. The van der Waals surface area contributed by atoms with E-state index in [2.05, 4.69) is 20.9 Å². The number of aromatic nitrogens is 2. The van der Waals surface area contributed by atoms with Crippen molar-refractivity contribution in [2.24, 2.45) is 0 Å². The Balaban J connectivity index is 1.35. The number of nitrogens with zero attached hydrogens (tertiary/aromatic N) is 4. The third kappa shape index (κ3) is 3.84. The topological polar surface area (TPSA) is 58.6 Å². The number of halogens is 1. The average molecular weight is 403 g/mol. The fourth-order valence-electron chi connectivity index (χ4n) is 3.20. The molecule has 1 aliphatic rings. The highest BCUT2D eigenvalue weighted by Crippen LogP contribution is 2.27. The van der Waals surface area contributed by atoms with Crippen LogP contribution in [-0.2, 0) is 4.79 Å². The van der Waals surface area contributed by atoms with Gasteiger partial charge in [0.15, 0.2) is 6.61 Å². The monoisotopic (exact) mass is 402 g/mol. The Morgan fingerprint density at radius 3 is 2.81 bits per heavy atom. The van der Waals surface area contributed by atoms with Crippen LogP contribution in [-0.4, -0.2) is 53.6 Å². The number of thiophene rings is 1. The quantitative estimate of drug-likeness (QED) is 0.669. The van der Waals surface area contributed by atoms with Crippen molar-refractivity contribution in [3.05, 3.63) is 46.6 Å². The molecule has 27 heavy (non-hydrogen) atoms. The molecule has 0 atom stereocenters. The summed E-state index contributed by atoms with van der Waals surface area (Å²) in [7, 11) is 0. The lowest BCUT2D eigenvalue weighted by Crippen LogP contribution is -2.50. The maximum Gasteiger partial charge on any atom is 0.260 e. The number of carbonyl (C=O) groups is 1. The van der Waals surface area contributed by atoms with E-state index in [0.29, 0.717) is 23.9 Å². The van der Waals surface area contributed by atoms with Crippen molar-refractivity contribution in [1.82, 2.24) is 14.9 Å². The molecule has 0 aliphatic carbocycles. The second-order valence-corrected chi connectivity index (χ2v) is 7.73. The normalized spacial score (nSPS) is 14.6. The zero-order valence-electron chi connectivity index (χ0n) is 14.9. The summed E-state index contributed by atoms with van der Waals surface area (Å²) in [4.78, 5) is 26.3. The van der Waals surface area contributed by atoms with Crippen LogP contribution >= 0.6 is 22.9 Å². The molecule has 4 rings (SSSR count). The number of hydrogen-bond acceptors (Lipinski definition) is 6. The summed E-state index contributed by atoms with van der Waals surface area (Å²) in [6, 6.07) is 7.44. The van der Waals surface area contributed by atoms with E-state index in [1.165, 1.54) is 0 Å². The Bertz CT molecular complexity index is 969. The van der Waals surface area contributed by atoms with E-state index in [-0.39, 0.29) is 12.5 Å². The molecule has 0 bridgehead atoms. The Hall–Kier alpha value is -2.38. The molecular formula is C19H19ClN4O2S. The van der Waals surface area contributed by atoms with Crippen LogP contribution in [0.3, 0.4) is 0 Å². The van der Waals surface area contributed by atoms with Gasteiger partial charge in [0.25, 0.3) is 5.91 Å². The number of benzene rings is 1. The first-order valence-corrected chi connectivity index (χ1v) is 9.97. The Labute approximate surface area is 166 Å². The van der Waals surface area contributed by atoms with Crippen molar-refractivity contribution in [3.63, 3.8) is 0 Å². The summed E-state index contributed by atoms with van der Waals surface area (Å²) in [5.41, 5.74) is 0.920. The first-order valence-electron chi connectivity index (χ1n) is 8.72. The summed E-state index contributed by atoms with van der Waals surface area (Å²) in [5, 5.41) is 3.76. The SMILES string of the molecule is Cc1cc(Cl)ccc1OCC(=O)N1CCN(c2ncnc3sccc23)CC1. The molecule has 140 valence electrons. The van der Waals surface area contributed by atoms with E-state index in [4.69, 9.17) is 16.3 Å². The van der Waals surface area contributed by atoms with E-state index >= 15 is 0 Å². The minimum Gasteiger partial charge on any atom is -0.483 e. The number of hydrogen-bond donors (Lipinski definition) is 0. The highest BCUT2D eigenvalue weighted by atomic mass is 35.5. The van der Waals surface area contributed by atoms with Gasteiger partial charge in [-0.1, -0.05) is 11.6 Å². The van der Waals surface area contributed by atoms with Crippen LogP contribution in [0.2, 0.25) is 5.02 Å². The smallest absolute Gasteiger partial charge is 0.260 e. The Morgan fingerprint density at radius 2 is 2.04 bits per heavy atom. The molecule has 1 saturated heterocycles. The lowest BCUT2D eigenvalue weighted by molar-refractivity contribution is -0.133. The van der Waals surface area contributed by atoms with Crippen LogP contribution in [0.1, 0.15) is 5.56 Å². The molecule has 3 heterocycles. The highest BCUT2D eigenvalue weighted by Gasteiger charge is 2.23. The van der Waals surface area contributed by atoms with Gasteiger partial charge in [-0.3, -0.25) is 4.79 Å². The summed E-state index contributed by atoms with van der Waals surface area (Å²) in [5.74, 6) is 1.63. The molecule has 1 amide bonds. The van der Waals surface area contributed by atoms with Crippen molar-refractivity contribution in [1.29, 1.82) is 0 Å². The number of fused-ring (bicyclic) bond motifs is 1. The number of rotatable bonds is 4. The zero-order chi connectivity index (χ0) is 18.8. The predicted molar refractivity (Wildman–Crippen MR) is 108 cm³/mol. The minimum absolute atomic E-state index is 0.00707. The summed E-state index contributed by atoms with van der Waals surface area (Å²) in [6.45, 7) is 4.73. The second-order valence-electron chi connectivity index (χ2n) is 6.40. The summed E-state index contributed by atoms with van der Waals surface area (Å²) in [6.07, 6.45) is 1.61. The number of carbonyl (C=O) groups excluding carboxylic acids is 1. The highest BCUT2D eigenvalue weighted by molar-refractivity contribution is 7.16. The van der Waals surface area contributed by atoms with E-state index in [1.807, 2.05) is 23.3 Å². The standard InChI is InChI=1S/C19H19ClN4O2S/c1-13-10-14(20)2-3-16(13)26-11-17(25)23-5-7-24(8-6-23)18-15-4-9-27-19(15)22-12-21-18/h2-4,9-10,12H,5-8,11H2,1H3. The van der Waals surface area contributed by atoms with Crippen LogP contribution in [0.4, 0.5) is 5.82 Å². The molecule has 2 aromatic heterocycles. The number of piperazine rings is 1. The van der Waals surface area contributed by atoms with Crippen LogP contribution in [0, 0.1) is 6.92 Å². The lowest BCUT2D eigenvalue weighted by Gasteiger charge is -2.35. The summed E-state index contributed by atoms with van der Waals surface area (Å²) < 4.78 is 5.68. The van der Waals surface area contributed by atoms with Gasteiger partial charge in [0.2, 0.25) is 0 Å². The third-order valence-electron chi connectivity index (χ3n) is 4.66. The third-order valence-corrected chi connectivity index (χ3v) is 5.72. The molecule has 1 fully saturated rings. The number of anilines is 1. The zero-order valence-corrected chi connectivity index (χ0v) is 16.5. The first-order chi connectivity index (χ1) is 13.1. The fraction of sp³-hybridized carbons (Fsp3) is 0.316. The first kappa shape index (κ1) is 18.0. The molecular weight excluding hydrogens is 384 g/mol. The Morgan fingerprint density at radius 1 is 1.22 bits per heavy atom. The largest absolute Gasteiger partial charge is 0.483 e. The van der Waals surface area contributed by atoms with Crippen LogP contribution in [0.25, 0.3) is 10.2 Å². The van der Waals surface area contributed by atoms with Crippen LogP contribution < -0.4 is 9.64 Å². The van der Waals surface area contributed by atoms with Gasteiger partial charge in [-0.05, 0) is 42.1 Å². The number of aryl methyl sites for hydroxylation is 1. The van der Waals surface area contributed by atoms with Crippen LogP contribution in [0.5, 0.6) is 5.75 Å². The van der Waals surface area contributed by atoms with Crippen molar-refractivity contribution < 1.29 is 9.53 Å². The Kier molecular flexibility index (Phi) is 5.13. The van der Waals surface area contributed by atoms with Gasteiger partial charge in [-0.15, -0.1) is 11.3 Å². The van der Waals surface area contributed by atoms with Gasteiger partial charge < -0.3 is 14.5 Å². The molecule has 0 radical (unpaired) electrons. The van der Waals surface area contributed by atoms with Crippen LogP contribution in [0.15, 0.2) is 36.0 Å². The lowest BCUT2D eigenvalue weighted by atomic mass is 10.2. The maximum atomic E-state index is 12.5. The van der Waals surface area contributed by atoms with Gasteiger partial charge in [0.05, 0.1) is 5.39 Å². The molecule has 1 aromatic carbocycles. The minimum atomic E-state index is -0.00707. The maximum absolute atomic E-state index is 12.5.